The van der Waals surface area contributed by atoms with Crippen LogP contribution in [0.25, 0.3) is 0 Å². The number of amides is 1. The van der Waals surface area contributed by atoms with E-state index in [1.165, 1.54) is 23.5 Å². The number of rotatable bonds is 9. The van der Waals surface area contributed by atoms with Crippen LogP contribution in [-0.4, -0.2) is 28.3 Å². The van der Waals surface area contributed by atoms with E-state index in [1.807, 2.05) is 0 Å². The molecule has 0 aliphatic rings. The molecular formula is C20H15Cl2N3O6S. The molecule has 0 bridgehead atoms. The third-order valence-electron chi connectivity index (χ3n) is 3.95. The van der Waals surface area contributed by atoms with Gasteiger partial charge in [0.15, 0.2) is 0 Å². The zero-order valence-electron chi connectivity index (χ0n) is 16.2. The summed E-state index contributed by atoms with van der Waals surface area (Å²) in [6.07, 6.45) is 0. The van der Waals surface area contributed by atoms with Gasteiger partial charge in [-0.3, -0.25) is 19.7 Å². The van der Waals surface area contributed by atoms with Crippen molar-refractivity contribution in [2.45, 2.75) is 13.2 Å². The van der Waals surface area contributed by atoms with Crippen LogP contribution in [-0.2, 0) is 22.7 Å². The highest BCUT2D eigenvalue weighted by Gasteiger charge is 2.17. The van der Waals surface area contributed by atoms with Crippen LogP contribution in [0.4, 0.5) is 5.69 Å². The number of esters is 1. The largest absolute Gasteiger partial charge is 0.486 e. The fraction of sp³-hybridized carbons (Fsp3) is 0.150. The van der Waals surface area contributed by atoms with Crippen molar-refractivity contribution >= 4 is 52.1 Å². The smallest absolute Gasteiger partial charge is 0.325 e. The highest BCUT2D eigenvalue weighted by molar-refractivity contribution is 7.09. The second-order valence-corrected chi connectivity index (χ2v) is 8.03. The second kappa shape index (κ2) is 10.9. The highest BCUT2D eigenvalue weighted by Crippen LogP contribution is 2.25. The van der Waals surface area contributed by atoms with Crippen molar-refractivity contribution in [1.29, 1.82) is 0 Å². The minimum atomic E-state index is -0.698. The van der Waals surface area contributed by atoms with E-state index in [9.17, 15) is 19.7 Å². The molecule has 2 aromatic carbocycles. The Morgan fingerprint density at radius 2 is 1.88 bits per heavy atom. The van der Waals surface area contributed by atoms with Crippen LogP contribution in [0.1, 0.15) is 21.1 Å². The van der Waals surface area contributed by atoms with Crippen molar-refractivity contribution in [1.82, 2.24) is 10.3 Å². The third-order valence-corrected chi connectivity index (χ3v) is 5.40. The van der Waals surface area contributed by atoms with Crippen LogP contribution in [0.5, 0.6) is 5.75 Å². The summed E-state index contributed by atoms with van der Waals surface area (Å²) in [5.41, 5.74) is 0.137. The third kappa shape index (κ3) is 6.64. The molecule has 0 atom stereocenters. The van der Waals surface area contributed by atoms with E-state index < -0.39 is 29.0 Å². The Kier molecular flexibility index (Phi) is 7.98. The topological polar surface area (TPSA) is 121 Å². The molecule has 3 aromatic rings. The summed E-state index contributed by atoms with van der Waals surface area (Å²) in [7, 11) is 0. The van der Waals surface area contributed by atoms with Crippen molar-refractivity contribution < 1.29 is 24.0 Å². The lowest BCUT2D eigenvalue weighted by atomic mass is 10.2. The first-order valence-electron chi connectivity index (χ1n) is 9.01. The Bertz CT molecular complexity index is 1140. The van der Waals surface area contributed by atoms with Gasteiger partial charge in [-0.25, -0.2) is 4.98 Å². The lowest BCUT2D eigenvalue weighted by molar-refractivity contribution is -0.384. The molecule has 0 radical (unpaired) electrons. The Hall–Kier alpha value is -3.21. The number of ether oxygens (including phenoxy) is 2. The summed E-state index contributed by atoms with van der Waals surface area (Å²) in [5.74, 6) is -0.704. The van der Waals surface area contributed by atoms with Crippen LogP contribution in [0.2, 0.25) is 10.0 Å². The van der Waals surface area contributed by atoms with Gasteiger partial charge in [-0.1, -0.05) is 23.2 Å². The standard InChI is InChI=1S/C20H15Cl2N3O6S/c21-13-2-4-15(5-3-13)30-10-18-24-14(11-32-18)9-31-19(26)8-23-20(27)12-1-6-16(22)17(7-12)25(28)29/h1-7,11H,8-10H2,(H,23,27). The number of benzene rings is 2. The van der Waals surface area contributed by atoms with Gasteiger partial charge in [-0.15, -0.1) is 11.3 Å². The summed E-state index contributed by atoms with van der Waals surface area (Å²) in [6.45, 7) is -0.228. The molecule has 0 aliphatic carbocycles. The van der Waals surface area contributed by atoms with Gasteiger partial charge in [0.05, 0.1) is 10.6 Å². The number of carbonyl (C=O) groups excluding carboxylic acids is 2. The predicted molar refractivity (Wildman–Crippen MR) is 118 cm³/mol. The van der Waals surface area contributed by atoms with Crippen LogP contribution in [0, 0.1) is 10.1 Å². The molecule has 0 saturated heterocycles. The van der Waals surface area contributed by atoms with Gasteiger partial charge in [-0.2, -0.15) is 0 Å². The molecule has 0 saturated carbocycles. The average Bonchev–Trinajstić information content (AvgIpc) is 3.23. The Morgan fingerprint density at radius 1 is 1.12 bits per heavy atom. The van der Waals surface area contributed by atoms with E-state index in [2.05, 4.69) is 10.3 Å². The van der Waals surface area contributed by atoms with Gasteiger partial charge >= 0.3 is 5.97 Å². The molecule has 1 N–H and O–H groups in total. The lowest BCUT2D eigenvalue weighted by Crippen LogP contribution is -2.30. The first-order chi connectivity index (χ1) is 15.3. The fourth-order valence-electron chi connectivity index (χ4n) is 2.41. The van der Waals surface area contributed by atoms with Crippen LogP contribution >= 0.6 is 34.5 Å². The number of halogens is 2. The highest BCUT2D eigenvalue weighted by atomic mass is 35.5. The molecule has 166 valence electrons. The number of nitro benzene ring substituents is 1. The number of nitrogens with one attached hydrogen (secondary N) is 1. The van der Waals surface area contributed by atoms with Gasteiger partial charge < -0.3 is 14.8 Å². The zero-order chi connectivity index (χ0) is 23.1. The molecule has 0 fully saturated rings. The normalized spacial score (nSPS) is 10.4. The second-order valence-electron chi connectivity index (χ2n) is 6.24. The molecule has 1 heterocycles. The summed E-state index contributed by atoms with van der Waals surface area (Å²) >= 11 is 12.9. The molecule has 12 heteroatoms. The average molecular weight is 496 g/mol. The summed E-state index contributed by atoms with van der Waals surface area (Å²) in [4.78, 5) is 38.5. The van der Waals surface area contributed by atoms with Gasteiger partial charge in [0, 0.05) is 22.0 Å². The lowest BCUT2D eigenvalue weighted by Gasteiger charge is -2.06. The predicted octanol–water partition coefficient (Wildman–Crippen LogP) is 4.41. The molecule has 1 aromatic heterocycles. The van der Waals surface area contributed by atoms with Crippen molar-refractivity contribution in [3.05, 3.63) is 84.3 Å². The molecule has 1 amide bonds. The van der Waals surface area contributed by atoms with Gasteiger partial charge in [0.2, 0.25) is 0 Å². The van der Waals surface area contributed by atoms with Crippen LogP contribution in [0.15, 0.2) is 47.8 Å². The first kappa shape index (κ1) is 23.5. The number of hydrogen-bond acceptors (Lipinski definition) is 8. The Morgan fingerprint density at radius 3 is 2.59 bits per heavy atom. The molecule has 0 aliphatic heterocycles. The number of aromatic nitrogens is 1. The van der Waals surface area contributed by atoms with Crippen LogP contribution in [0.3, 0.4) is 0 Å². The van der Waals surface area contributed by atoms with E-state index >= 15 is 0 Å². The number of carbonyl (C=O) groups is 2. The number of nitrogens with zero attached hydrogens (tertiary/aromatic N) is 2. The van der Waals surface area contributed by atoms with E-state index in [1.54, 1.807) is 29.6 Å². The molecule has 0 unspecified atom stereocenters. The Labute approximate surface area is 196 Å². The van der Waals surface area contributed by atoms with E-state index in [-0.39, 0.29) is 23.8 Å². The quantitative estimate of drug-likeness (QED) is 0.265. The summed E-state index contributed by atoms with van der Waals surface area (Å²) < 4.78 is 10.7. The number of thiazole rings is 1. The van der Waals surface area contributed by atoms with Gasteiger partial charge in [0.1, 0.15) is 35.5 Å². The number of hydrogen-bond donors (Lipinski definition) is 1. The fourth-order valence-corrected chi connectivity index (χ4v) is 3.41. The first-order valence-corrected chi connectivity index (χ1v) is 10.6. The number of nitro groups is 1. The van der Waals surface area contributed by atoms with Crippen molar-refractivity contribution in [3.8, 4) is 5.75 Å². The van der Waals surface area contributed by atoms with E-state index in [0.717, 1.165) is 6.07 Å². The minimum absolute atomic E-state index is 0.00118. The van der Waals surface area contributed by atoms with Crippen molar-refractivity contribution in [2.75, 3.05) is 6.54 Å². The summed E-state index contributed by atoms with van der Waals surface area (Å²) in [5, 5.41) is 16.2. The minimum Gasteiger partial charge on any atom is -0.486 e. The monoisotopic (exact) mass is 495 g/mol. The molecule has 9 nitrogen and oxygen atoms in total. The van der Waals surface area contributed by atoms with Gasteiger partial charge in [0.25, 0.3) is 11.6 Å². The molecular weight excluding hydrogens is 481 g/mol. The van der Waals surface area contributed by atoms with E-state index in [4.69, 9.17) is 32.7 Å². The molecule has 0 spiro atoms. The molecule has 32 heavy (non-hydrogen) atoms. The maximum absolute atomic E-state index is 12.1. The summed E-state index contributed by atoms with van der Waals surface area (Å²) in [6, 6.07) is 10.5. The van der Waals surface area contributed by atoms with Crippen LogP contribution < -0.4 is 10.1 Å². The Balaban J connectivity index is 1.43. The van der Waals surface area contributed by atoms with E-state index in [0.29, 0.717) is 21.5 Å². The van der Waals surface area contributed by atoms with Gasteiger partial charge in [-0.05, 0) is 36.4 Å². The zero-order valence-corrected chi connectivity index (χ0v) is 18.6. The molecule has 3 rings (SSSR count). The maximum Gasteiger partial charge on any atom is 0.325 e. The van der Waals surface area contributed by atoms with Crippen molar-refractivity contribution in [3.63, 3.8) is 0 Å². The van der Waals surface area contributed by atoms with Crippen molar-refractivity contribution in [2.24, 2.45) is 0 Å². The SMILES string of the molecule is O=C(CNC(=O)c1ccc(Cl)c([N+](=O)[O-])c1)OCc1csc(COc2ccc(Cl)cc2)n1. The maximum atomic E-state index is 12.1.